The summed E-state index contributed by atoms with van der Waals surface area (Å²) in [4.78, 5) is 4.43. The minimum atomic E-state index is 0.137. The molecule has 0 bridgehead atoms. The molecule has 1 N–H and O–H groups in total. The number of aromatic nitrogens is 2. The highest BCUT2D eigenvalue weighted by Gasteiger charge is 2.06. The summed E-state index contributed by atoms with van der Waals surface area (Å²) < 4.78 is 3.06. The van der Waals surface area contributed by atoms with Gasteiger partial charge in [0.05, 0.1) is 17.6 Å². The molecule has 0 fully saturated rings. The van der Waals surface area contributed by atoms with Crippen LogP contribution in [0, 0.1) is 0 Å². The Bertz CT molecular complexity index is 464. The van der Waals surface area contributed by atoms with Crippen molar-refractivity contribution in [3.8, 4) is 0 Å². The second kappa shape index (κ2) is 3.71. The van der Waals surface area contributed by atoms with E-state index in [2.05, 4.69) is 20.9 Å². The van der Waals surface area contributed by atoms with Crippen LogP contribution >= 0.6 is 15.9 Å². The van der Waals surface area contributed by atoms with E-state index in [-0.39, 0.29) is 6.61 Å². The van der Waals surface area contributed by atoms with Crippen LogP contribution in [-0.4, -0.2) is 21.3 Å². The lowest BCUT2D eigenvalue weighted by atomic mass is 10.3. The van der Waals surface area contributed by atoms with Crippen LogP contribution in [0.2, 0.25) is 0 Å². The third-order valence-corrected chi connectivity index (χ3v) is 2.76. The van der Waals surface area contributed by atoms with Gasteiger partial charge in [0.1, 0.15) is 5.82 Å². The minimum absolute atomic E-state index is 0.137. The molecule has 0 atom stereocenters. The van der Waals surface area contributed by atoms with Crippen LogP contribution in [0.3, 0.4) is 0 Å². The number of halogens is 1. The number of imidazole rings is 1. The van der Waals surface area contributed by atoms with Gasteiger partial charge < -0.3 is 9.67 Å². The molecule has 14 heavy (non-hydrogen) atoms. The van der Waals surface area contributed by atoms with Crippen LogP contribution in [-0.2, 0) is 13.5 Å². The molecule has 0 aliphatic rings. The topological polar surface area (TPSA) is 38.0 Å². The predicted octanol–water partition coefficient (Wildman–Crippen LogP) is 1.87. The average molecular weight is 255 g/mol. The fourth-order valence-corrected chi connectivity index (χ4v) is 1.89. The van der Waals surface area contributed by atoms with Gasteiger partial charge in [0.15, 0.2) is 0 Å². The van der Waals surface area contributed by atoms with Gasteiger partial charge in [-0.3, -0.25) is 0 Å². The number of rotatable bonds is 2. The minimum Gasteiger partial charge on any atom is -0.396 e. The summed E-state index contributed by atoms with van der Waals surface area (Å²) in [5, 5.41) is 8.86. The second-order valence-electron chi connectivity index (χ2n) is 3.19. The number of aliphatic hydroxyl groups is 1. The summed E-state index contributed by atoms with van der Waals surface area (Å²) in [6.07, 6.45) is 0.600. The van der Waals surface area contributed by atoms with Gasteiger partial charge in [-0.05, 0) is 18.2 Å². The van der Waals surface area contributed by atoms with E-state index >= 15 is 0 Å². The Morgan fingerprint density at radius 1 is 1.50 bits per heavy atom. The molecule has 0 spiro atoms. The van der Waals surface area contributed by atoms with Gasteiger partial charge in [-0.15, -0.1) is 0 Å². The van der Waals surface area contributed by atoms with Crippen LogP contribution in [0.1, 0.15) is 5.82 Å². The molecule has 0 aliphatic heterocycles. The van der Waals surface area contributed by atoms with Crippen molar-refractivity contribution in [3.63, 3.8) is 0 Å². The number of benzene rings is 1. The van der Waals surface area contributed by atoms with Crippen LogP contribution in [0.15, 0.2) is 22.7 Å². The molecule has 2 rings (SSSR count). The Labute approximate surface area is 90.5 Å². The maximum absolute atomic E-state index is 8.86. The third kappa shape index (κ3) is 1.55. The van der Waals surface area contributed by atoms with Gasteiger partial charge in [0, 0.05) is 17.9 Å². The van der Waals surface area contributed by atoms with Gasteiger partial charge in [-0.2, -0.15) is 0 Å². The standard InChI is InChI=1S/C10H11BrN2O/c1-13-9-6-7(11)2-3-8(9)12-10(13)4-5-14/h2-3,6,14H,4-5H2,1H3. The van der Waals surface area contributed by atoms with Crippen molar-refractivity contribution in [2.75, 3.05) is 6.61 Å². The Morgan fingerprint density at radius 3 is 3.00 bits per heavy atom. The number of aliphatic hydroxyl groups excluding tert-OH is 1. The van der Waals surface area contributed by atoms with Crippen molar-refractivity contribution in [2.45, 2.75) is 6.42 Å². The van der Waals surface area contributed by atoms with E-state index in [0.717, 1.165) is 21.3 Å². The van der Waals surface area contributed by atoms with E-state index in [1.807, 2.05) is 29.8 Å². The quantitative estimate of drug-likeness (QED) is 0.889. The molecule has 2 aromatic rings. The summed E-state index contributed by atoms with van der Waals surface area (Å²) in [5.74, 6) is 0.917. The third-order valence-electron chi connectivity index (χ3n) is 2.27. The summed E-state index contributed by atoms with van der Waals surface area (Å²) in [5.41, 5.74) is 2.06. The molecule has 3 nitrogen and oxygen atoms in total. The largest absolute Gasteiger partial charge is 0.396 e. The fraction of sp³-hybridized carbons (Fsp3) is 0.300. The monoisotopic (exact) mass is 254 g/mol. The zero-order chi connectivity index (χ0) is 10.1. The Hall–Kier alpha value is -0.870. The number of hydrogen-bond acceptors (Lipinski definition) is 2. The predicted molar refractivity (Wildman–Crippen MR) is 59.2 cm³/mol. The van der Waals surface area contributed by atoms with Crippen molar-refractivity contribution >= 4 is 27.0 Å². The molecule has 0 aliphatic carbocycles. The van der Waals surface area contributed by atoms with Gasteiger partial charge in [0.25, 0.3) is 0 Å². The Morgan fingerprint density at radius 2 is 2.29 bits per heavy atom. The molecule has 0 unspecified atom stereocenters. The molecule has 0 radical (unpaired) electrons. The first-order chi connectivity index (χ1) is 6.72. The van der Waals surface area contributed by atoms with E-state index in [1.54, 1.807) is 0 Å². The molecule has 1 aromatic carbocycles. The van der Waals surface area contributed by atoms with E-state index in [9.17, 15) is 0 Å². The van der Waals surface area contributed by atoms with Gasteiger partial charge in [0.2, 0.25) is 0 Å². The highest BCUT2D eigenvalue weighted by atomic mass is 79.9. The maximum Gasteiger partial charge on any atom is 0.111 e. The van der Waals surface area contributed by atoms with E-state index in [0.29, 0.717) is 6.42 Å². The highest BCUT2D eigenvalue weighted by Crippen LogP contribution is 2.20. The zero-order valence-corrected chi connectivity index (χ0v) is 9.45. The second-order valence-corrected chi connectivity index (χ2v) is 4.11. The van der Waals surface area contributed by atoms with Crippen LogP contribution in [0.25, 0.3) is 11.0 Å². The molecule has 0 amide bonds. The smallest absolute Gasteiger partial charge is 0.111 e. The Balaban J connectivity index is 2.62. The summed E-state index contributed by atoms with van der Waals surface area (Å²) in [6, 6.07) is 5.97. The molecule has 0 saturated heterocycles. The first kappa shape index (κ1) is 9.68. The average Bonchev–Trinajstić information content (AvgIpc) is 2.46. The normalized spacial score (nSPS) is 11.1. The molecule has 4 heteroatoms. The summed E-state index contributed by atoms with van der Waals surface area (Å²) in [6.45, 7) is 0.137. The van der Waals surface area contributed by atoms with Gasteiger partial charge in [-0.25, -0.2) is 4.98 Å². The van der Waals surface area contributed by atoms with Crippen molar-refractivity contribution < 1.29 is 5.11 Å². The van der Waals surface area contributed by atoms with Crippen LogP contribution in [0.5, 0.6) is 0 Å². The fourth-order valence-electron chi connectivity index (χ4n) is 1.54. The summed E-state index contributed by atoms with van der Waals surface area (Å²) >= 11 is 3.42. The highest BCUT2D eigenvalue weighted by molar-refractivity contribution is 9.10. The zero-order valence-electron chi connectivity index (χ0n) is 7.87. The molecular weight excluding hydrogens is 244 g/mol. The van der Waals surface area contributed by atoms with Crippen molar-refractivity contribution in [2.24, 2.45) is 7.05 Å². The lowest BCUT2D eigenvalue weighted by Crippen LogP contribution is -2.00. The lowest BCUT2D eigenvalue weighted by molar-refractivity contribution is 0.295. The molecule has 1 aromatic heterocycles. The first-order valence-electron chi connectivity index (χ1n) is 4.44. The van der Waals surface area contributed by atoms with Gasteiger partial charge in [-0.1, -0.05) is 15.9 Å². The summed E-state index contributed by atoms with van der Waals surface area (Å²) in [7, 11) is 1.97. The SMILES string of the molecule is Cn1c(CCO)nc2ccc(Br)cc21. The lowest BCUT2D eigenvalue weighted by Gasteiger charge is -1.99. The first-order valence-corrected chi connectivity index (χ1v) is 5.23. The number of aryl methyl sites for hydroxylation is 1. The number of fused-ring (bicyclic) bond motifs is 1. The molecular formula is C10H11BrN2O. The van der Waals surface area contributed by atoms with Crippen LogP contribution < -0.4 is 0 Å². The molecule has 74 valence electrons. The van der Waals surface area contributed by atoms with Crippen molar-refractivity contribution in [1.29, 1.82) is 0 Å². The molecule has 1 heterocycles. The Kier molecular flexibility index (Phi) is 2.56. The number of nitrogens with zero attached hydrogens (tertiary/aromatic N) is 2. The van der Waals surface area contributed by atoms with E-state index < -0.39 is 0 Å². The van der Waals surface area contributed by atoms with E-state index in [4.69, 9.17) is 5.11 Å². The molecule has 0 saturated carbocycles. The van der Waals surface area contributed by atoms with Gasteiger partial charge >= 0.3 is 0 Å². The number of hydrogen-bond donors (Lipinski definition) is 1. The van der Waals surface area contributed by atoms with Crippen molar-refractivity contribution in [3.05, 3.63) is 28.5 Å². The van der Waals surface area contributed by atoms with Crippen molar-refractivity contribution in [1.82, 2.24) is 9.55 Å². The van der Waals surface area contributed by atoms with E-state index in [1.165, 1.54) is 0 Å². The maximum atomic E-state index is 8.86. The van der Waals surface area contributed by atoms with Crippen LogP contribution in [0.4, 0.5) is 0 Å².